The summed E-state index contributed by atoms with van der Waals surface area (Å²) in [6.07, 6.45) is 5.21. The summed E-state index contributed by atoms with van der Waals surface area (Å²) >= 11 is 0. The van der Waals surface area contributed by atoms with Crippen molar-refractivity contribution in [3.8, 4) is 0 Å². The first-order chi connectivity index (χ1) is 13.0. The number of benzene rings is 1. The minimum atomic E-state index is -0.118. The lowest BCUT2D eigenvalue weighted by Gasteiger charge is -2.49. The number of piperazine rings is 1. The molecule has 27 heavy (non-hydrogen) atoms. The summed E-state index contributed by atoms with van der Waals surface area (Å²) in [6.45, 7) is 7.47. The molecule has 2 aliphatic heterocycles. The number of hydrogen-bond donors (Lipinski definition) is 0. The molecule has 0 radical (unpaired) electrons. The van der Waals surface area contributed by atoms with Crippen molar-refractivity contribution in [2.24, 2.45) is 5.92 Å². The zero-order valence-electron chi connectivity index (χ0n) is 16.7. The van der Waals surface area contributed by atoms with Crippen LogP contribution in [0, 0.1) is 18.7 Å². The van der Waals surface area contributed by atoms with Gasteiger partial charge < -0.3 is 4.90 Å². The van der Waals surface area contributed by atoms with E-state index in [0.29, 0.717) is 12.3 Å². The third-order valence-electron chi connectivity index (χ3n) is 7.03. The zero-order chi connectivity index (χ0) is 19.0. The first-order valence-corrected chi connectivity index (χ1v) is 10.4. The maximum Gasteiger partial charge on any atom is 0.222 e. The summed E-state index contributed by atoms with van der Waals surface area (Å²) in [5.74, 6) is 0.969. The van der Waals surface area contributed by atoms with E-state index in [1.54, 1.807) is 0 Å². The van der Waals surface area contributed by atoms with Crippen LogP contribution in [0.1, 0.15) is 43.2 Å². The molecule has 3 fully saturated rings. The van der Waals surface area contributed by atoms with Gasteiger partial charge in [-0.15, -0.1) is 0 Å². The molecule has 1 atom stereocenters. The number of nitrogens with zero attached hydrogens (tertiary/aromatic N) is 3. The standard InChI is InChI=1S/C22H32FN3O/c1-17-19(4-3-5-20(17)23)15-25-13-12-24(2)22(16-25)9-8-21(27)26(11-10-22)14-18-6-7-18/h3-5,18H,6-16H2,1-2H3/t22-/m1/s1. The lowest BCUT2D eigenvalue weighted by Crippen LogP contribution is -2.60. The molecule has 0 bridgehead atoms. The van der Waals surface area contributed by atoms with Gasteiger partial charge in [0.1, 0.15) is 5.82 Å². The molecule has 0 aromatic heterocycles. The van der Waals surface area contributed by atoms with E-state index in [1.807, 2.05) is 19.1 Å². The van der Waals surface area contributed by atoms with E-state index in [0.717, 1.165) is 69.2 Å². The molecule has 1 saturated carbocycles. The lowest BCUT2D eigenvalue weighted by atomic mass is 9.86. The molecular weight excluding hydrogens is 341 g/mol. The van der Waals surface area contributed by atoms with Gasteiger partial charge in [0, 0.05) is 51.2 Å². The average Bonchev–Trinajstić information content (AvgIpc) is 3.48. The van der Waals surface area contributed by atoms with Gasteiger partial charge in [-0.05, 0) is 62.8 Å². The average molecular weight is 374 g/mol. The number of likely N-dealkylation sites (tertiary alicyclic amines) is 1. The molecule has 2 heterocycles. The molecule has 1 amide bonds. The highest BCUT2D eigenvalue weighted by molar-refractivity contribution is 5.76. The van der Waals surface area contributed by atoms with Crippen molar-refractivity contribution in [3.05, 3.63) is 35.1 Å². The maximum absolute atomic E-state index is 13.9. The van der Waals surface area contributed by atoms with Crippen LogP contribution < -0.4 is 0 Å². The van der Waals surface area contributed by atoms with E-state index in [9.17, 15) is 9.18 Å². The molecule has 1 spiro atoms. The molecule has 4 rings (SSSR count). The number of likely N-dealkylation sites (N-methyl/N-ethyl adjacent to an activating group) is 1. The second-order valence-corrected chi connectivity index (χ2v) is 8.91. The molecule has 1 aromatic rings. The Hall–Kier alpha value is -1.46. The fourth-order valence-electron chi connectivity index (χ4n) is 4.78. The van der Waals surface area contributed by atoms with Gasteiger partial charge in [-0.3, -0.25) is 14.6 Å². The number of halogens is 1. The van der Waals surface area contributed by atoms with E-state index in [-0.39, 0.29) is 11.4 Å². The topological polar surface area (TPSA) is 26.8 Å². The van der Waals surface area contributed by atoms with Crippen molar-refractivity contribution in [2.45, 2.75) is 51.1 Å². The van der Waals surface area contributed by atoms with E-state index in [2.05, 4.69) is 21.7 Å². The Morgan fingerprint density at radius 3 is 2.78 bits per heavy atom. The van der Waals surface area contributed by atoms with Crippen LogP contribution >= 0.6 is 0 Å². The molecule has 3 aliphatic rings. The van der Waals surface area contributed by atoms with E-state index < -0.39 is 0 Å². The summed E-state index contributed by atoms with van der Waals surface area (Å²) in [4.78, 5) is 19.7. The van der Waals surface area contributed by atoms with E-state index in [1.165, 1.54) is 18.9 Å². The Labute approximate surface area is 162 Å². The van der Waals surface area contributed by atoms with Gasteiger partial charge in [-0.2, -0.15) is 0 Å². The van der Waals surface area contributed by atoms with Gasteiger partial charge in [0.05, 0.1) is 0 Å². The predicted molar refractivity (Wildman–Crippen MR) is 105 cm³/mol. The quantitative estimate of drug-likeness (QED) is 0.812. The third-order valence-corrected chi connectivity index (χ3v) is 7.03. The van der Waals surface area contributed by atoms with E-state index >= 15 is 0 Å². The van der Waals surface area contributed by atoms with Crippen molar-refractivity contribution < 1.29 is 9.18 Å². The first kappa shape index (κ1) is 18.9. The zero-order valence-corrected chi connectivity index (χ0v) is 16.7. The number of carbonyl (C=O) groups is 1. The molecule has 1 aliphatic carbocycles. The van der Waals surface area contributed by atoms with Crippen LogP contribution in [0.5, 0.6) is 0 Å². The molecule has 0 N–H and O–H groups in total. The molecular formula is C22H32FN3O. The highest BCUT2D eigenvalue weighted by Crippen LogP contribution is 2.35. The Kier molecular flexibility index (Phi) is 5.26. The van der Waals surface area contributed by atoms with Gasteiger partial charge in [-0.1, -0.05) is 12.1 Å². The van der Waals surface area contributed by atoms with Crippen LogP contribution in [-0.4, -0.2) is 65.9 Å². The van der Waals surface area contributed by atoms with Crippen molar-refractivity contribution in [3.63, 3.8) is 0 Å². The molecule has 148 valence electrons. The summed E-state index contributed by atoms with van der Waals surface area (Å²) in [7, 11) is 2.21. The molecule has 0 unspecified atom stereocenters. The second-order valence-electron chi connectivity index (χ2n) is 8.91. The van der Waals surface area contributed by atoms with Gasteiger partial charge in [0.15, 0.2) is 0 Å². The highest BCUT2D eigenvalue weighted by atomic mass is 19.1. The van der Waals surface area contributed by atoms with Crippen molar-refractivity contribution in [2.75, 3.05) is 39.8 Å². The third kappa shape index (κ3) is 4.04. The largest absolute Gasteiger partial charge is 0.342 e. The number of carbonyl (C=O) groups excluding carboxylic acids is 1. The predicted octanol–water partition coefficient (Wildman–Crippen LogP) is 3.04. The van der Waals surface area contributed by atoms with Gasteiger partial charge in [-0.25, -0.2) is 4.39 Å². The summed E-state index contributed by atoms with van der Waals surface area (Å²) in [5, 5.41) is 0. The molecule has 1 aromatic carbocycles. The number of hydrogen-bond acceptors (Lipinski definition) is 3. The first-order valence-electron chi connectivity index (χ1n) is 10.4. The van der Waals surface area contributed by atoms with Crippen LogP contribution in [0.4, 0.5) is 4.39 Å². The van der Waals surface area contributed by atoms with Crippen molar-refractivity contribution >= 4 is 5.91 Å². The minimum Gasteiger partial charge on any atom is -0.342 e. The SMILES string of the molecule is Cc1c(F)cccc1CN1CCN(C)[C@@]2(CCC(=O)N(CC3CC3)CC2)C1. The molecule has 4 nitrogen and oxygen atoms in total. The maximum atomic E-state index is 13.9. The van der Waals surface area contributed by atoms with Crippen LogP contribution in [0.15, 0.2) is 18.2 Å². The number of amides is 1. The monoisotopic (exact) mass is 373 g/mol. The lowest BCUT2D eigenvalue weighted by molar-refractivity contribution is -0.131. The summed E-state index contributed by atoms with van der Waals surface area (Å²) < 4.78 is 13.9. The van der Waals surface area contributed by atoms with E-state index in [4.69, 9.17) is 0 Å². The van der Waals surface area contributed by atoms with Crippen LogP contribution in [0.2, 0.25) is 0 Å². The molecule has 2 saturated heterocycles. The van der Waals surface area contributed by atoms with Crippen LogP contribution in [-0.2, 0) is 11.3 Å². The van der Waals surface area contributed by atoms with Crippen molar-refractivity contribution in [1.29, 1.82) is 0 Å². The fourth-order valence-corrected chi connectivity index (χ4v) is 4.78. The smallest absolute Gasteiger partial charge is 0.222 e. The summed E-state index contributed by atoms with van der Waals surface area (Å²) in [6, 6.07) is 5.39. The van der Waals surface area contributed by atoms with Crippen LogP contribution in [0.3, 0.4) is 0 Å². The Balaban J connectivity index is 1.46. The van der Waals surface area contributed by atoms with Crippen molar-refractivity contribution in [1.82, 2.24) is 14.7 Å². The molecule has 5 heteroatoms. The van der Waals surface area contributed by atoms with Gasteiger partial charge in [0.2, 0.25) is 5.91 Å². The van der Waals surface area contributed by atoms with Gasteiger partial charge in [0.25, 0.3) is 0 Å². The van der Waals surface area contributed by atoms with Crippen LogP contribution in [0.25, 0.3) is 0 Å². The number of rotatable bonds is 4. The highest BCUT2D eigenvalue weighted by Gasteiger charge is 2.42. The Morgan fingerprint density at radius 1 is 1.19 bits per heavy atom. The van der Waals surface area contributed by atoms with Gasteiger partial charge >= 0.3 is 0 Å². The fraction of sp³-hybridized carbons (Fsp3) is 0.682. The Morgan fingerprint density at radius 2 is 2.00 bits per heavy atom. The Bertz CT molecular complexity index is 705. The minimum absolute atomic E-state index is 0.0629. The second kappa shape index (κ2) is 7.51. The summed E-state index contributed by atoms with van der Waals surface area (Å²) in [5.41, 5.74) is 1.90. The normalized spacial score (nSPS) is 28.0.